The molecule has 0 spiro atoms. The molecule has 0 unspecified atom stereocenters. The molecule has 17 heavy (non-hydrogen) atoms. The summed E-state index contributed by atoms with van der Waals surface area (Å²) in [6, 6.07) is -0.255. The SMILES string of the molecule is Cc1noc(C)c1NC(=O)NC[C@@H]1CCCO1. The van der Waals surface area contributed by atoms with Crippen LogP contribution in [0.15, 0.2) is 4.52 Å². The molecule has 1 aromatic heterocycles. The second kappa shape index (κ2) is 5.18. The molecule has 2 heterocycles. The van der Waals surface area contributed by atoms with Crippen LogP contribution < -0.4 is 10.6 Å². The van der Waals surface area contributed by atoms with E-state index in [9.17, 15) is 4.79 Å². The average Bonchev–Trinajstić information content (AvgIpc) is 2.91. The van der Waals surface area contributed by atoms with Gasteiger partial charge in [-0.1, -0.05) is 5.16 Å². The number of hydrogen-bond acceptors (Lipinski definition) is 4. The Morgan fingerprint density at radius 2 is 2.35 bits per heavy atom. The lowest BCUT2D eigenvalue weighted by atomic mass is 10.2. The van der Waals surface area contributed by atoms with Crippen molar-refractivity contribution in [3.63, 3.8) is 0 Å². The number of nitrogens with one attached hydrogen (secondary N) is 2. The van der Waals surface area contributed by atoms with E-state index in [-0.39, 0.29) is 12.1 Å². The van der Waals surface area contributed by atoms with E-state index in [1.807, 2.05) is 0 Å². The van der Waals surface area contributed by atoms with Crippen LogP contribution in [-0.2, 0) is 4.74 Å². The molecule has 2 N–H and O–H groups in total. The first kappa shape index (κ1) is 11.9. The van der Waals surface area contributed by atoms with Crippen LogP contribution in [0.1, 0.15) is 24.3 Å². The van der Waals surface area contributed by atoms with Crippen LogP contribution in [0.25, 0.3) is 0 Å². The van der Waals surface area contributed by atoms with Gasteiger partial charge in [0.2, 0.25) is 0 Å². The molecule has 6 heteroatoms. The number of ether oxygens (including phenoxy) is 1. The Hall–Kier alpha value is -1.56. The van der Waals surface area contributed by atoms with E-state index >= 15 is 0 Å². The summed E-state index contributed by atoms with van der Waals surface area (Å²) >= 11 is 0. The average molecular weight is 239 g/mol. The Kier molecular flexibility index (Phi) is 3.63. The molecule has 0 aliphatic carbocycles. The molecule has 1 aliphatic heterocycles. The van der Waals surface area contributed by atoms with Crippen molar-refractivity contribution in [1.82, 2.24) is 10.5 Å². The summed E-state index contributed by atoms with van der Waals surface area (Å²) < 4.78 is 10.4. The highest BCUT2D eigenvalue weighted by atomic mass is 16.5. The summed E-state index contributed by atoms with van der Waals surface area (Å²) in [7, 11) is 0. The zero-order valence-corrected chi connectivity index (χ0v) is 10.1. The smallest absolute Gasteiger partial charge is 0.319 e. The van der Waals surface area contributed by atoms with Crippen LogP contribution in [0.2, 0.25) is 0 Å². The highest BCUT2D eigenvalue weighted by Gasteiger charge is 2.17. The molecular weight excluding hydrogens is 222 g/mol. The second-order valence-electron chi connectivity index (χ2n) is 4.17. The van der Waals surface area contributed by atoms with Gasteiger partial charge in [-0.05, 0) is 26.7 Å². The van der Waals surface area contributed by atoms with Crippen LogP contribution in [0.3, 0.4) is 0 Å². The van der Waals surface area contributed by atoms with E-state index in [4.69, 9.17) is 9.26 Å². The normalized spacial score (nSPS) is 19.3. The Bertz CT molecular complexity index is 377. The van der Waals surface area contributed by atoms with Gasteiger partial charge in [0.1, 0.15) is 11.4 Å². The second-order valence-corrected chi connectivity index (χ2v) is 4.17. The fraction of sp³-hybridized carbons (Fsp3) is 0.636. The van der Waals surface area contributed by atoms with Gasteiger partial charge in [0.05, 0.1) is 6.10 Å². The number of anilines is 1. The maximum atomic E-state index is 11.6. The summed E-state index contributed by atoms with van der Waals surface area (Å²) in [5.41, 5.74) is 1.31. The molecule has 1 aliphatic rings. The predicted molar refractivity (Wildman–Crippen MR) is 62.0 cm³/mol. The molecule has 1 atom stereocenters. The first-order chi connectivity index (χ1) is 8.16. The summed E-state index contributed by atoms with van der Waals surface area (Å²) in [6.07, 6.45) is 2.22. The summed E-state index contributed by atoms with van der Waals surface area (Å²) in [5.74, 6) is 0.606. The number of amides is 2. The Balaban J connectivity index is 1.80. The third-order valence-electron chi connectivity index (χ3n) is 2.79. The number of rotatable bonds is 3. The van der Waals surface area contributed by atoms with Crippen LogP contribution >= 0.6 is 0 Å². The van der Waals surface area contributed by atoms with Gasteiger partial charge in [-0.3, -0.25) is 0 Å². The molecule has 0 radical (unpaired) electrons. The number of carbonyl (C=O) groups is 1. The molecule has 6 nitrogen and oxygen atoms in total. The summed E-state index contributed by atoms with van der Waals surface area (Å²) in [6.45, 7) is 4.87. The molecule has 1 saturated heterocycles. The monoisotopic (exact) mass is 239 g/mol. The first-order valence-electron chi connectivity index (χ1n) is 5.76. The van der Waals surface area contributed by atoms with Gasteiger partial charge >= 0.3 is 6.03 Å². The van der Waals surface area contributed by atoms with E-state index in [0.29, 0.717) is 23.7 Å². The van der Waals surface area contributed by atoms with Gasteiger partial charge in [0, 0.05) is 13.2 Å². The Labute approximate surface area is 99.7 Å². The van der Waals surface area contributed by atoms with Gasteiger partial charge in [-0.15, -0.1) is 0 Å². The van der Waals surface area contributed by atoms with Gasteiger partial charge in [-0.25, -0.2) is 4.79 Å². The van der Waals surface area contributed by atoms with Crippen molar-refractivity contribution in [2.75, 3.05) is 18.5 Å². The Morgan fingerprint density at radius 3 is 2.94 bits per heavy atom. The minimum absolute atomic E-state index is 0.144. The first-order valence-corrected chi connectivity index (χ1v) is 5.76. The van der Waals surface area contributed by atoms with E-state index in [1.54, 1.807) is 13.8 Å². The number of nitrogens with zero attached hydrogens (tertiary/aromatic N) is 1. The topological polar surface area (TPSA) is 76.4 Å². The van der Waals surface area contributed by atoms with Crippen molar-refractivity contribution in [2.45, 2.75) is 32.8 Å². The maximum absolute atomic E-state index is 11.6. The van der Waals surface area contributed by atoms with Crippen molar-refractivity contribution in [3.05, 3.63) is 11.5 Å². The molecule has 94 valence electrons. The molecule has 0 aromatic carbocycles. The number of aryl methyl sites for hydroxylation is 2. The van der Waals surface area contributed by atoms with Crippen LogP contribution in [0.5, 0.6) is 0 Å². The lowest BCUT2D eigenvalue weighted by molar-refractivity contribution is 0.112. The van der Waals surface area contributed by atoms with E-state index in [0.717, 1.165) is 19.4 Å². The zero-order valence-electron chi connectivity index (χ0n) is 10.1. The van der Waals surface area contributed by atoms with Crippen LogP contribution in [0, 0.1) is 13.8 Å². The minimum Gasteiger partial charge on any atom is -0.376 e. The van der Waals surface area contributed by atoms with Crippen molar-refractivity contribution < 1.29 is 14.1 Å². The fourth-order valence-corrected chi connectivity index (χ4v) is 1.83. The quantitative estimate of drug-likeness (QED) is 0.839. The van der Waals surface area contributed by atoms with Gasteiger partial charge in [-0.2, -0.15) is 0 Å². The largest absolute Gasteiger partial charge is 0.376 e. The number of hydrogen-bond donors (Lipinski definition) is 2. The van der Waals surface area contributed by atoms with Crippen molar-refractivity contribution >= 4 is 11.7 Å². The number of carbonyl (C=O) groups excluding carboxylic acids is 1. The number of aromatic nitrogens is 1. The zero-order chi connectivity index (χ0) is 12.3. The third kappa shape index (κ3) is 2.97. The minimum atomic E-state index is -0.255. The van der Waals surface area contributed by atoms with Crippen LogP contribution in [0.4, 0.5) is 10.5 Å². The van der Waals surface area contributed by atoms with E-state index < -0.39 is 0 Å². The van der Waals surface area contributed by atoms with E-state index in [2.05, 4.69) is 15.8 Å². The Morgan fingerprint density at radius 1 is 1.53 bits per heavy atom. The fourth-order valence-electron chi connectivity index (χ4n) is 1.83. The van der Waals surface area contributed by atoms with Crippen LogP contribution in [-0.4, -0.2) is 30.4 Å². The third-order valence-corrected chi connectivity index (χ3v) is 2.79. The molecule has 1 fully saturated rings. The lowest BCUT2D eigenvalue weighted by Crippen LogP contribution is -2.35. The lowest BCUT2D eigenvalue weighted by Gasteiger charge is -2.11. The van der Waals surface area contributed by atoms with Crippen molar-refractivity contribution in [1.29, 1.82) is 0 Å². The highest BCUT2D eigenvalue weighted by Crippen LogP contribution is 2.18. The predicted octanol–water partition coefficient (Wildman–Crippen LogP) is 1.59. The molecular formula is C11H17N3O3. The van der Waals surface area contributed by atoms with Gasteiger partial charge < -0.3 is 19.9 Å². The molecule has 2 rings (SSSR count). The molecule has 2 amide bonds. The summed E-state index contributed by atoms with van der Waals surface area (Å²) in [5, 5.41) is 9.26. The van der Waals surface area contributed by atoms with Gasteiger partial charge in [0.25, 0.3) is 0 Å². The summed E-state index contributed by atoms with van der Waals surface area (Å²) in [4.78, 5) is 11.6. The van der Waals surface area contributed by atoms with Crippen molar-refractivity contribution in [3.8, 4) is 0 Å². The standard InChI is InChI=1S/C11H17N3O3/c1-7-10(8(2)17-14-7)13-11(15)12-6-9-4-3-5-16-9/h9H,3-6H2,1-2H3,(H2,12,13,15)/t9-/m0/s1. The highest BCUT2D eigenvalue weighted by molar-refractivity contribution is 5.90. The maximum Gasteiger partial charge on any atom is 0.319 e. The number of urea groups is 1. The van der Waals surface area contributed by atoms with E-state index in [1.165, 1.54) is 0 Å². The molecule has 1 aromatic rings. The molecule has 0 bridgehead atoms. The molecule has 0 saturated carbocycles. The van der Waals surface area contributed by atoms with Gasteiger partial charge in [0.15, 0.2) is 5.76 Å². The van der Waals surface area contributed by atoms with Crippen molar-refractivity contribution in [2.24, 2.45) is 0 Å².